The third-order valence-corrected chi connectivity index (χ3v) is 2.36. The molecule has 0 unspecified atom stereocenters. The molecule has 0 atom stereocenters. The van der Waals surface area contributed by atoms with Gasteiger partial charge < -0.3 is 5.73 Å². The summed E-state index contributed by atoms with van der Waals surface area (Å²) in [5.74, 6) is 0. The summed E-state index contributed by atoms with van der Waals surface area (Å²) in [5, 5.41) is 10.6. The van der Waals surface area contributed by atoms with Gasteiger partial charge in [0.15, 0.2) is 10.5 Å². The summed E-state index contributed by atoms with van der Waals surface area (Å²) < 4.78 is 0. The van der Waals surface area contributed by atoms with Gasteiger partial charge in [0.25, 0.3) is 0 Å². The molecule has 0 saturated carbocycles. The van der Waals surface area contributed by atoms with Gasteiger partial charge in [-0.3, -0.25) is 0 Å². The fraction of sp³-hybridized carbons (Fsp3) is 0. The smallest absolute Gasteiger partial charge is 0.203 e. The monoisotopic (exact) mass is 183 g/mol. The van der Waals surface area contributed by atoms with Crippen LogP contribution in [0.3, 0.4) is 0 Å². The summed E-state index contributed by atoms with van der Waals surface area (Å²) in [4.78, 5) is 3.95. The van der Waals surface area contributed by atoms with E-state index in [0.717, 1.165) is 10.7 Å². The van der Waals surface area contributed by atoms with Crippen molar-refractivity contribution in [3.63, 3.8) is 0 Å². The number of hydrogen-bond donors (Lipinski definition) is 1. The van der Waals surface area contributed by atoms with E-state index in [0.29, 0.717) is 5.13 Å². The van der Waals surface area contributed by atoms with Crippen LogP contribution in [-0.2, 0) is 0 Å². The standard InChI is InChI=1S/C5H3N4S2/c6-5-9-8-4(11-5)3-1-10-2-7-3/h1H,(H2,6,9). The lowest BCUT2D eigenvalue weighted by Gasteiger charge is -1.80. The Morgan fingerprint density at radius 3 is 2.91 bits per heavy atom. The van der Waals surface area contributed by atoms with Crippen molar-refractivity contribution in [1.29, 1.82) is 0 Å². The van der Waals surface area contributed by atoms with Gasteiger partial charge in [-0.15, -0.1) is 21.5 Å². The van der Waals surface area contributed by atoms with Crippen LogP contribution >= 0.6 is 22.7 Å². The van der Waals surface area contributed by atoms with E-state index in [-0.39, 0.29) is 0 Å². The zero-order valence-corrected chi connectivity index (χ0v) is 6.95. The van der Waals surface area contributed by atoms with Crippen LogP contribution in [-0.4, -0.2) is 15.2 Å². The van der Waals surface area contributed by atoms with E-state index < -0.39 is 0 Å². The summed E-state index contributed by atoms with van der Waals surface area (Å²) in [6.07, 6.45) is 0. The summed E-state index contributed by atoms with van der Waals surface area (Å²) in [6, 6.07) is 0. The van der Waals surface area contributed by atoms with Crippen molar-refractivity contribution in [1.82, 2.24) is 15.2 Å². The number of thiazole rings is 1. The van der Waals surface area contributed by atoms with Crippen LogP contribution in [0.5, 0.6) is 0 Å². The first kappa shape index (κ1) is 6.68. The highest BCUT2D eigenvalue weighted by atomic mass is 32.1. The molecular weight excluding hydrogens is 180 g/mol. The highest BCUT2D eigenvalue weighted by molar-refractivity contribution is 7.18. The summed E-state index contributed by atoms with van der Waals surface area (Å²) in [7, 11) is 0. The molecule has 6 heteroatoms. The van der Waals surface area contributed by atoms with Gasteiger partial charge in [-0.2, -0.15) is 0 Å². The second-order valence-corrected chi connectivity index (χ2v) is 3.43. The lowest BCUT2D eigenvalue weighted by Crippen LogP contribution is -1.80. The minimum Gasteiger partial charge on any atom is -0.374 e. The molecular formula is C5H3N4S2. The van der Waals surface area contributed by atoms with Crippen LogP contribution in [0, 0.1) is 5.51 Å². The van der Waals surface area contributed by atoms with Gasteiger partial charge in [-0.25, -0.2) is 4.98 Å². The summed E-state index contributed by atoms with van der Waals surface area (Å²) in [6.45, 7) is 0. The van der Waals surface area contributed by atoms with Gasteiger partial charge in [0, 0.05) is 5.38 Å². The molecule has 0 aliphatic rings. The molecule has 0 amide bonds. The van der Waals surface area contributed by atoms with Gasteiger partial charge in [0.1, 0.15) is 5.69 Å². The Labute approximate surface area is 70.7 Å². The van der Waals surface area contributed by atoms with Crippen molar-refractivity contribution in [2.45, 2.75) is 0 Å². The highest BCUT2D eigenvalue weighted by Crippen LogP contribution is 2.23. The molecule has 2 heterocycles. The molecule has 0 saturated heterocycles. The highest BCUT2D eigenvalue weighted by Gasteiger charge is 2.04. The molecule has 2 aromatic heterocycles. The number of nitrogen functional groups attached to an aromatic ring is 1. The van der Waals surface area contributed by atoms with E-state index in [4.69, 9.17) is 5.73 Å². The summed E-state index contributed by atoms with van der Waals surface area (Å²) in [5.41, 5.74) is 8.92. The Kier molecular flexibility index (Phi) is 1.55. The maximum Gasteiger partial charge on any atom is 0.203 e. The molecule has 55 valence electrons. The van der Waals surface area contributed by atoms with Gasteiger partial charge in [0.05, 0.1) is 0 Å². The normalized spacial score (nSPS) is 10.2. The second kappa shape index (κ2) is 2.55. The molecule has 0 aromatic carbocycles. The van der Waals surface area contributed by atoms with E-state index >= 15 is 0 Å². The third kappa shape index (κ3) is 1.22. The average Bonchev–Trinajstić information content (AvgIpc) is 2.55. The fourth-order valence-corrected chi connectivity index (χ4v) is 1.75. The second-order valence-electron chi connectivity index (χ2n) is 1.77. The van der Waals surface area contributed by atoms with Crippen molar-refractivity contribution in [2.24, 2.45) is 0 Å². The van der Waals surface area contributed by atoms with E-state index in [1.165, 1.54) is 22.7 Å². The number of hydrogen-bond acceptors (Lipinski definition) is 6. The number of aromatic nitrogens is 3. The molecule has 2 rings (SSSR count). The number of nitrogens with two attached hydrogens (primary N) is 1. The van der Waals surface area contributed by atoms with Crippen molar-refractivity contribution >= 4 is 27.8 Å². The number of anilines is 1. The van der Waals surface area contributed by atoms with E-state index in [2.05, 4.69) is 20.7 Å². The predicted molar refractivity (Wildman–Crippen MR) is 44.3 cm³/mol. The van der Waals surface area contributed by atoms with Crippen LogP contribution in [0.4, 0.5) is 5.13 Å². The zero-order valence-electron chi connectivity index (χ0n) is 5.31. The number of rotatable bonds is 1. The maximum absolute atomic E-state index is 5.40. The lowest BCUT2D eigenvalue weighted by molar-refractivity contribution is 1.10. The van der Waals surface area contributed by atoms with Gasteiger partial charge in [-0.05, 0) is 0 Å². The van der Waals surface area contributed by atoms with E-state index in [1.807, 2.05) is 5.38 Å². The average molecular weight is 183 g/mol. The van der Waals surface area contributed by atoms with E-state index in [1.54, 1.807) is 0 Å². The lowest BCUT2D eigenvalue weighted by atomic mass is 10.5. The molecule has 0 fully saturated rings. The largest absolute Gasteiger partial charge is 0.374 e. The molecule has 2 aromatic rings. The molecule has 11 heavy (non-hydrogen) atoms. The molecule has 0 bridgehead atoms. The summed E-state index contributed by atoms with van der Waals surface area (Å²) >= 11 is 2.73. The first-order valence-electron chi connectivity index (χ1n) is 2.77. The Bertz CT molecular complexity index is 339. The zero-order chi connectivity index (χ0) is 7.68. The van der Waals surface area contributed by atoms with Crippen LogP contribution in [0.1, 0.15) is 0 Å². The van der Waals surface area contributed by atoms with Gasteiger partial charge >= 0.3 is 0 Å². The Balaban J connectivity index is 2.45. The van der Waals surface area contributed by atoms with Crippen molar-refractivity contribution in [3.8, 4) is 10.7 Å². The molecule has 0 spiro atoms. The van der Waals surface area contributed by atoms with Crippen LogP contribution in [0.2, 0.25) is 0 Å². The molecule has 0 aliphatic heterocycles. The van der Waals surface area contributed by atoms with Crippen molar-refractivity contribution in [3.05, 3.63) is 10.9 Å². The molecule has 4 nitrogen and oxygen atoms in total. The van der Waals surface area contributed by atoms with Gasteiger partial charge in [-0.1, -0.05) is 11.3 Å². The van der Waals surface area contributed by atoms with Crippen LogP contribution in [0.15, 0.2) is 5.38 Å². The maximum atomic E-state index is 5.40. The Morgan fingerprint density at radius 1 is 1.45 bits per heavy atom. The fourth-order valence-electron chi connectivity index (χ4n) is 0.620. The molecule has 2 N–H and O–H groups in total. The molecule has 1 radical (unpaired) electrons. The Hall–Kier alpha value is -1.01. The SMILES string of the molecule is Nc1nnc(-c2cs[c]n2)s1. The first-order chi connectivity index (χ1) is 5.36. The minimum atomic E-state index is 0.466. The third-order valence-electron chi connectivity index (χ3n) is 1.05. The molecule has 0 aliphatic carbocycles. The van der Waals surface area contributed by atoms with E-state index in [9.17, 15) is 0 Å². The quantitative estimate of drug-likeness (QED) is 0.717. The predicted octanol–water partition coefficient (Wildman–Crippen LogP) is 1.04. The topological polar surface area (TPSA) is 64.7 Å². The minimum absolute atomic E-state index is 0.466. The Morgan fingerprint density at radius 2 is 2.36 bits per heavy atom. The van der Waals surface area contributed by atoms with Crippen molar-refractivity contribution < 1.29 is 0 Å². The van der Waals surface area contributed by atoms with Crippen LogP contribution < -0.4 is 5.73 Å². The van der Waals surface area contributed by atoms with Gasteiger partial charge in [0.2, 0.25) is 5.13 Å². The first-order valence-corrected chi connectivity index (χ1v) is 4.47. The van der Waals surface area contributed by atoms with Crippen molar-refractivity contribution in [2.75, 3.05) is 5.73 Å². The van der Waals surface area contributed by atoms with Crippen LogP contribution in [0.25, 0.3) is 10.7 Å². The number of nitrogens with zero attached hydrogens (tertiary/aromatic N) is 3.